The van der Waals surface area contributed by atoms with Crippen molar-refractivity contribution in [3.05, 3.63) is 23.3 Å². The van der Waals surface area contributed by atoms with Crippen LogP contribution in [0, 0.1) is 12.8 Å². The largest absolute Gasteiger partial charge is 0.370 e. The van der Waals surface area contributed by atoms with E-state index in [1.54, 1.807) is 0 Å². The third-order valence-electron chi connectivity index (χ3n) is 2.66. The molecular weight excluding hydrogens is 226 g/mol. The molecule has 0 amide bonds. The van der Waals surface area contributed by atoms with Crippen LogP contribution in [0.15, 0.2) is 6.07 Å². The third-order valence-corrected chi connectivity index (χ3v) is 2.66. The van der Waals surface area contributed by atoms with E-state index in [9.17, 15) is 0 Å². The molecule has 102 valence electrons. The molecule has 1 heterocycles. The van der Waals surface area contributed by atoms with Gasteiger partial charge in [0, 0.05) is 30.5 Å². The predicted molar refractivity (Wildman–Crippen MR) is 73.3 cm³/mol. The smallest absolute Gasteiger partial charge is 0.157 e. The van der Waals surface area contributed by atoms with Gasteiger partial charge in [-0.1, -0.05) is 13.8 Å². The molecule has 0 spiro atoms. The van der Waals surface area contributed by atoms with Crippen molar-refractivity contribution in [2.75, 3.05) is 6.61 Å². The van der Waals surface area contributed by atoms with Gasteiger partial charge in [0.15, 0.2) is 5.82 Å². The Kier molecular flexibility index (Phi) is 5.69. The minimum atomic E-state index is -0.0401. The molecule has 0 fully saturated rings. The van der Waals surface area contributed by atoms with Crippen molar-refractivity contribution < 1.29 is 4.74 Å². The molecule has 0 saturated heterocycles. The highest BCUT2D eigenvalue weighted by Gasteiger charge is 2.20. The number of rotatable bonds is 6. The first kappa shape index (κ1) is 15.1. The lowest BCUT2D eigenvalue weighted by Crippen LogP contribution is -2.21. The molecule has 4 nitrogen and oxygen atoms in total. The summed E-state index contributed by atoms with van der Waals surface area (Å²) in [5, 5.41) is 0. The first-order valence-electron chi connectivity index (χ1n) is 6.65. The number of hydrogen-bond acceptors (Lipinski definition) is 4. The molecule has 0 aliphatic rings. The molecule has 1 aromatic rings. The van der Waals surface area contributed by atoms with Gasteiger partial charge in [0.25, 0.3) is 0 Å². The highest BCUT2D eigenvalue weighted by Crippen LogP contribution is 2.23. The van der Waals surface area contributed by atoms with Gasteiger partial charge in [-0.2, -0.15) is 0 Å². The fourth-order valence-corrected chi connectivity index (χ4v) is 1.96. The summed E-state index contributed by atoms with van der Waals surface area (Å²) in [4.78, 5) is 9.10. The van der Waals surface area contributed by atoms with E-state index in [1.165, 1.54) is 0 Å². The number of nitrogens with two attached hydrogens (primary N) is 1. The minimum absolute atomic E-state index is 0.0401. The summed E-state index contributed by atoms with van der Waals surface area (Å²) in [5.41, 5.74) is 7.80. The van der Waals surface area contributed by atoms with Crippen LogP contribution < -0.4 is 5.73 Å². The molecule has 0 aromatic carbocycles. The van der Waals surface area contributed by atoms with E-state index >= 15 is 0 Å². The zero-order valence-electron chi connectivity index (χ0n) is 12.1. The van der Waals surface area contributed by atoms with Gasteiger partial charge in [-0.05, 0) is 32.8 Å². The number of aryl methyl sites for hydroxylation is 1. The second-order valence-electron chi connectivity index (χ2n) is 5.16. The summed E-state index contributed by atoms with van der Waals surface area (Å²) >= 11 is 0. The molecule has 0 radical (unpaired) electrons. The van der Waals surface area contributed by atoms with Crippen LogP contribution in [0.25, 0.3) is 0 Å². The fraction of sp³-hybridized carbons (Fsp3) is 0.714. The topological polar surface area (TPSA) is 61.0 Å². The molecule has 0 bridgehead atoms. The van der Waals surface area contributed by atoms with E-state index in [-0.39, 0.29) is 12.1 Å². The fourth-order valence-electron chi connectivity index (χ4n) is 1.96. The van der Waals surface area contributed by atoms with Gasteiger partial charge < -0.3 is 10.5 Å². The van der Waals surface area contributed by atoms with Crippen LogP contribution in [-0.2, 0) is 11.2 Å². The first-order valence-corrected chi connectivity index (χ1v) is 6.65. The number of nitrogens with zero attached hydrogens (tertiary/aromatic N) is 2. The molecule has 2 N–H and O–H groups in total. The molecule has 0 saturated carbocycles. The van der Waals surface area contributed by atoms with Gasteiger partial charge in [-0.15, -0.1) is 0 Å². The van der Waals surface area contributed by atoms with Gasteiger partial charge >= 0.3 is 0 Å². The van der Waals surface area contributed by atoms with E-state index in [4.69, 9.17) is 10.5 Å². The lowest BCUT2D eigenvalue weighted by Gasteiger charge is -2.20. The predicted octanol–water partition coefficient (Wildman–Crippen LogP) is 2.41. The maximum absolute atomic E-state index is 5.83. The van der Waals surface area contributed by atoms with E-state index in [0.29, 0.717) is 12.5 Å². The Hall–Kier alpha value is -1.00. The lowest BCUT2D eigenvalue weighted by molar-refractivity contribution is 0.0229. The van der Waals surface area contributed by atoms with Crippen molar-refractivity contribution in [3.8, 4) is 0 Å². The van der Waals surface area contributed by atoms with Crippen molar-refractivity contribution in [1.82, 2.24) is 9.97 Å². The van der Waals surface area contributed by atoms with E-state index in [1.807, 2.05) is 26.8 Å². The molecule has 0 aliphatic carbocycles. The van der Waals surface area contributed by atoms with Crippen LogP contribution in [0.3, 0.4) is 0 Å². The maximum Gasteiger partial charge on any atom is 0.157 e. The summed E-state index contributed by atoms with van der Waals surface area (Å²) in [7, 11) is 0. The van der Waals surface area contributed by atoms with E-state index in [0.717, 1.165) is 23.6 Å². The zero-order chi connectivity index (χ0) is 13.7. The maximum atomic E-state index is 5.83. The van der Waals surface area contributed by atoms with Crippen molar-refractivity contribution in [2.24, 2.45) is 11.7 Å². The standard InChI is InChI=1S/C14H25N3O/c1-6-18-13(9(2)3)14-16-11(5)8-12(17-14)7-10(4)15/h8-10,13H,6-7,15H2,1-5H3. The Balaban J connectivity index is 3.02. The Labute approximate surface area is 110 Å². The van der Waals surface area contributed by atoms with E-state index in [2.05, 4.69) is 23.8 Å². The molecule has 1 aromatic heterocycles. The molecule has 2 unspecified atom stereocenters. The Bertz CT molecular complexity index is 377. The Morgan fingerprint density at radius 1 is 1.28 bits per heavy atom. The molecule has 2 atom stereocenters. The molecule has 18 heavy (non-hydrogen) atoms. The van der Waals surface area contributed by atoms with Gasteiger partial charge in [-0.3, -0.25) is 0 Å². The monoisotopic (exact) mass is 251 g/mol. The highest BCUT2D eigenvalue weighted by molar-refractivity contribution is 5.12. The highest BCUT2D eigenvalue weighted by atomic mass is 16.5. The normalized spacial score (nSPS) is 14.8. The summed E-state index contributed by atoms with van der Waals surface area (Å²) in [5.74, 6) is 1.14. The molecule has 1 rings (SSSR count). The summed E-state index contributed by atoms with van der Waals surface area (Å²) in [6.45, 7) is 10.9. The Morgan fingerprint density at radius 2 is 1.94 bits per heavy atom. The van der Waals surface area contributed by atoms with Crippen LogP contribution in [0.5, 0.6) is 0 Å². The average molecular weight is 251 g/mol. The van der Waals surface area contributed by atoms with E-state index < -0.39 is 0 Å². The van der Waals surface area contributed by atoms with Crippen molar-refractivity contribution in [2.45, 2.75) is 53.2 Å². The molecular formula is C14H25N3O. The number of ether oxygens (including phenoxy) is 1. The molecule has 4 heteroatoms. The van der Waals surface area contributed by atoms with Crippen molar-refractivity contribution in [1.29, 1.82) is 0 Å². The van der Waals surface area contributed by atoms with Crippen LogP contribution >= 0.6 is 0 Å². The minimum Gasteiger partial charge on any atom is -0.370 e. The van der Waals surface area contributed by atoms with Crippen molar-refractivity contribution >= 4 is 0 Å². The van der Waals surface area contributed by atoms with Crippen LogP contribution in [0.4, 0.5) is 0 Å². The summed E-state index contributed by atoms with van der Waals surface area (Å²) in [6.07, 6.45) is 0.731. The van der Waals surface area contributed by atoms with Gasteiger partial charge in [-0.25, -0.2) is 9.97 Å². The van der Waals surface area contributed by atoms with Crippen molar-refractivity contribution in [3.63, 3.8) is 0 Å². The number of hydrogen-bond donors (Lipinski definition) is 1. The number of aromatic nitrogens is 2. The summed E-state index contributed by atoms with van der Waals surface area (Å²) in [6, 6.07) is 2.10. The van der Waals surface area contributed by atoms with Crippen LogP contribution in [0.2, 0.25) is 0 Å². The van der Waals surface area contributed by atoms with Gasteiger partial charge in [0.1, 0.15) is 6.10 Å². The van der Waals surface area contributed by atoms with Crippen LogP contribution in [0.1, 0.15) is 51.0 Å². The second-order valence-corrected chi connectivity index (χ2v) is 5.16. The quantitative estimate of drug-likeness (QED) is 0.843. The first-order chi connectivity index (χ1) is 8.43. The average Bonchev–Trinajstić information content (AvgIpc) is 2.23. The van der Waals surface area contributed by atoms with Gasteiger partial charge in [0.05, 0.1) is 0 Å². The zero-order valence-corrected chi connectivity index (χ0v) is 12.1. The Morgan fingerprint density at radius 3 is 2.44 bits per heavy atom. The second kappa shape index (κ2) is 6.81. The SMILES string of the molecule is CCOC(c1nc(C)cc(CC(C)N)n1)C(C)C. The summed E-state index contributed by atoms with van der Waals surface area (Å²) < 4.78 is 5.75. The van der Waals surface area contributed by atoms with Gasteiger partial charge in [0.2, 0.25) is 0 Å². The molecule has 0 aliphatic heterocycles. The van der Waals surface area contributed by atoms with Crippen LogP contribution in [-0.4, -0.2) is 22.6 Å². The third kappa shape index (κ3) is 4.35. The lowest BCUT2D eigenvalue weighted by atomic mass is 10.1.